The van der Waals surface area contributed by atoms with Gasteiger partial charge >= 0.3 is 5.97 Å². The van der Waals surface area contributed by atoms with E-state index < -0.39 is 23.1 Å². The molecule has 1 aliphatic heterocycles. The van der Waals surface area contributed by atoms with Crippen LogP contribution in [0.15, 0.2) is 60.4 Å². The number of esters is 1. The Hall–Kier alpha value is -3.96. The van der Waals surface area contributed by atoms with Crippen LogP contribution in [0.3, 0.4) is 0 Å². The first-order chi connectivity index (χ1) is 17.9. The Kier molecular flexibility index (Phi) is 10.4. The van der Waals surface area contributed by atoms with Gasteiger partial charge in [-0.15, -0.1) is 0 Å². The Morgan fingerprint density at radius 1 is 1.11 bits per heavy atom. The van der Waals surface area contributed by atoms with Crippen molar-refractivity contribution in [2.45, 2.75) is 31.5 Å². The van der Waals surface area contributed by atoms with Crippen LogP contribution in [0, 0.1) is 10.1 Å². The third-order valence-corrected chi connectivity index (χ3v) is 5.72. The van der Waals surface area contributed by atoms with Gasteiger partial charge in [0, 0.05) is 49.9 Å². The van der Waals surface area contributed by atoms with Crippen LogP contribution in [-0.4, -0.2) is 61.6 Å². The SMILES string of the molecule is COC(=O)c1ccc([C@H]2C=C(C(=O)NCCNc3ccc([N+](=O)[O-])cc3)O[C@@H](OCCCCO)C2)cc1. The minimum Gasteiger partial charge on any atom is -0.465 e. The minimum atomic E-state index is -0.645. The van der Waals surface area contributed by atoms with Gasteiger partial charge in [-0.2, -0.15) is 0 Å². The Balaban J connectivity index is 1.61. The highest BCUT2D eigenvalue weighted by Gasteiger charge is 2.28. The molecule has 0 saturated carbocycles. The van der Waals surface area contributed by atoms with Gasteiger partial charge < -0.3 is 30.0 Å². The molecule has 0 fully saturated rings. The normalized spacial score (nSPS) is 16.8. The molecule has 0 aliphatic carbocycles. The van der Waals surface area contributed by atoms with E-state index in [9.17, 15) is 19.7 Å². The Labute approximate surface area is 214 Å². The van der Waals surface area contributed by atoms with E-state index in [2.05, 4.69) is 10.6 Å². The molecule has 0 spiro atoms. The van der Waals surface area contributed by atoms with Crippen molar-refractivity contribution < 1.29 is 33.8 Å². The van der Waals surface area contributed by atoms with Gasteiger partial charge in [0.1, 0.15) is 0 Å². The summed E-state index contributed by atoms with van der Waals surface area (Å²) in [6.45, 7) is 1.15. The molecule has 1 heterocycles. The number of aliphatic hydroxyl groups is 1. The number of nitro groups is 1. The zero-order chi connectivity index (χ0) is 26.6. The summed E-state index contributed by atoms with van der Waals surface area (Å²) < 4.78 is 16.4. The highest BCUT2D eigenvalue weighted by Crippen LogP contribution is 2.32. The zero-order valence-electron chi connectivity index (χ0n) is 20.6. The molecular formula is C26H31N3O8. The Morgan fingerprint density at radius 3 is 2.49 bits per heavy atom. The van der Waals surface area contributed by atoms with Gasteiger partial charge in [0.2, 0.25) is 6.29 Å². The number of nitrogens with zero attached hydrogens (tertiary/aromatic N) is 1. The van der Waals surface area contributed by atoms with E-state index in [1.807, 2.05) is 12.1 Å². The molecule has 0 radical (unpaired) electrons. The molecule has 0 unspecified atom stereocenters. The van der Waals surface area contributed by atoms with E-state index in [0.717, 1.165) is 5.56 Å². The Bertz CT molecular complexity index is 1090. The van der Waals surface area contributed by atoms with Crippen LogP contribution >= 0.6 is 0 Å². The fourth-order valence-corrected chi connectivity index (χ4v) is 3.73. The molecule has 198 valence electrons. The molecule has 3 rings (SSSR count). The molecule has 11 heteroatoms. The van der Waals surface area contributed by atoms with Crippen LogP contribution in [0.5, 0.6) is 0 Å². The second kappa shape index (κ2) is 14.0. The summed E-state index contributed by atoms with van der Waals surface area (Å²) in [7, 11) is 1.32. The molecule has 2 aromatic carbocycles. The maximum atomic E-state index is 12.9. The number of carbonyl (C=O) groups is 2. The highest BCUT2D eigenvalue weighted by atomic mass is 16.7. The second-order valence-electron chi connectivity index (χ2n) is 8.32. The third kappa shape index (κ3) is 8.29. The number of benzene rings is 2. The van der Waals surface area contributed by atoms with Gasteiger partial charge in [0.05, 0.1) is 24.2 Å². The van der Waals surface area contributed by atoms with Gasteiger partial charge in [-0.1, -0.05) is 12.1 Å². The van der Waals surface area contributed by atoms with Gasteiger partial charge in [-0.3, -0.25) is 14.9 Å². The van der Waals surface area contributed by atoms with Crippen molar-refractivity contribution in [2.24, 2.45) is 0 Å². The van der Waals surface area contributed by atoms with Crippen molar-refractivity contribution in [3.8, 4) is 0 Å². The number of rotatable bonds is 13. The summed E-state index contributed by atoms with van der Waals surface area (Å²) in [4.78, 5) is 34.9. The molecule has 2 aromatic rings. The van der Waals surface area contributed by atoms with E-state index >= 15 is 0 Å². The van der Waals surface area contributed by atoms with Gasteiger partial charge in [0.15, 0.2) is 5.76 Å². The summed E-state index contributed by atoms with van der Waals surface area (Å²) >= 11 is 0. The second-order valence-corrected chi connectivity index (χ2v) is 8.32. The predicted molar refractivity (Wildman–Crippen MR) is 135 cm³/mol. The largest absolute Gasteiger partial charge is 0.465 e. The fraction of sp³-hybridized carbons (Fsp3) is 0.385. The summed E-state index contributed by atoms with van der Waals surface area (Å²) in [5.74, 6) is -0.870. The molecule has 1 aliphatic rings. The van der Waals surface area contributed by atoms with E-state index in [1.165, 1.54) is 19.2 Å². The number of hydrogen-bond donors (Lipinski definition) is 3. The average Bonchev–Trinajstić information content (AvgIpc) is 2.93. The number of non-ortho nitro benzene ring substituents is 1. The number of methoxy groups -OCH3 is 1. The number of hydrogen-bond acceptors (Lipinski definition) is 9. The van der Waals surface area contributed by atoms with Crippen molar-refractivity contribution in [3.05, 3.63) is 81.6 Å². The molecule has 37 heavy (non-hydrogen) atoms. The van der Waals surface area contributed by atoms with Crippen LogP contribution in [0.1, 0.15) is 41.1 Å². The average molecular weight is 514 g/mol. The lowest BCUT2D eigenvalue weighted by atomic mass is 9.92. The van der Waals surface area contributed by atoms with Crippen LogP contribution < -0.4 is 10.6 Å². The number of nitro benzene ring substituents is 1. The molecule has 0 aromatic heterocycles. The summed E-state index contributed by atoms with van der Waals surface area (Å²) in [6.07, 6.45) is 2.84. The van der Waals surface area contributed by atoms with Crippen LogP contribution in [0.4, 0.5) is 11.4 Å². The molecule has 0 saturated heterocycles. The number of carbonyl (C=O) groups excluding carboxylic acids is 2. The van der Waals surface area contributed by atoms with Crippen molar-refractivity contribution >= 4 is 23.3 Å². The lowest BCUT2D eigenvalue weighted by Crippen LogP contribution is -2.35. The summed E-state index contributed by atoms with van der Waals surface area (Å²) in [5, 5.41) is 25.6. The van der Waals surface area contributed by atoms with E-state index in [4.69, 9.17) is 19.3 Å². The van der Waals surface area contributed by atoms with Crippen molar-refractivity contribution in [3.63, 3.8) is 0 Å². The standard InChI is InChI=1S/C26H31N3O8/c1-35-26(32)19-6-4-18(5-7-19)20-16-23(37-24(17-20)36-15-3-2-14-30)25(31)28-13-12-27-21-8-10-22(11-9-21)29(33)34/h4-11,16,20,24,27,30H,2-3,12-15,17H2,1H3,(H,28,31)/t20-,24+/m0/s1. The van der Waals surface area contributed by atoms with E-state index in [0.29, 0.717) is 43.7 Å². The maximum absolute atomic E-state index is 12.9. The first kappa shape index (κ1) is 27.6. The van der Waals surface area contributed by atoms with Crippen molar-refractivity contribution in [1.29, 1.82) is 0 Å². The predicted octanol–water partition coefficient (Wildman–Crippen LogP) is 3.11. The molecule has 3 N–H and O–H groups in total. The first-order valence-corrected chi connectivity index (χ1v) is 12.0. The topological polar surface area (TPSA) is 149 Å². The summed E-state index contributed by atoms with van der Waals surface area (Å²) in [6, 6.07) is 13.0. The Morgan fingerprint density at radius 2 is 1.84 bits per heavy atom. The maximum Gasteiger partial charge on any atom is 0.337 e. The van der Waals surface area contributed by atoms with Gasteiger partial charge in [-0.25, -0.2) is 4.79 Å². The number of ether oxygens (including phenoxy) is 3. The molecule has 1 amide bonds. The minimum absolute atomic E-state index is 0.00265. The highest BCUT2D eigenvalue weighted by molar-refractivity contribution is 5.92. The summed E-state index contributed by atoms with van der Waals surface area (Å²) in [5.41, 5.74) is 2.02. The molecule has 11 nitrogen and oxygen atoms in total. The van der Waals surface area contributed by atoms with E-state index in [1.54, 1.807) is 30.3 Å². The quantitative estimate of drug-likeness (QED) is 0.159. The number of allylic oxidation sites excluding steroid dienone is 1. The molecule has 2 atom stereocenters. The van der Waals surface area contributed by atoms with Gasteiger partial charge in [0.25, 0.3) is 11.6 Å². The number of unbranched alkanes of at least 4 members (excludes halogenated alkanes) is 1. The first-order valence-electron chi connectivity index (χ1n) is 12.0. The smallest absolute Gasteiger partial charge is 0.337 e. The molecular weight excluding hydrogens is 482 g/mol. The van der Waals surface area contributed by atoms with Crippen LogP contribution in [0.25, 0.3) is 0 Å². The van der Waals surface area contributed by atoms with Crippen LogP contribution in [-0.2, 0) is 19.0 Å². The zero-order valence-corrected chi connectivity index (χ0v) is 20.6. The number of nitrogens with one attached hydrogen (secondary N) is 2. The van der Waals surface area contributed by atoms with Gasteiger partial charge in [-0.05, 0) is 48.7 Å². The van der Waals surface area contributed by atoms with E-state index in [-0.39, 0.29) is 30.5 Å². The monoisotopic (exact) mass is 513 g/mol. The fourth-order valence-electron chi connectivity index (χ4n) is 3.73. The lowest BCUT2D eigenvalue weighted by Gasteiger charge is -2.29. The number of aliphatic hydroxyl groups excluding tert-OH is 1. The van der Waals surface area contributed by atoms with Crippen molar-refractivity contribution in [2.75, 3.05) is 38.7 Å². The van der Waals surface area contributed by atoms with Crippen molar-refractivity contribution in [1.82, 2.24) is 5.32 Å². The van der Waals surface area contributed by atoms with Crippen LogP contribution in [0.2, 0.25) is 0 Å². The third-order valence-electron chi connectivity index (χ3n) is 5.72. The molecule has 0 bridgehead atoms. The number of anilines is 1. The number of amides is 1. The lowest BCUT2D eigenvalue weighted by molar-refractivity contribution is -0.384.